The van der Waals surface area contributed by atoms with Crippen molar-refractivity contribution in [2.75, 3.05) is 32.7 Å². The van der Waals surface area contributed by atoms with Crippen molar-refractivity contribution in [3.05, 3.63) is 35.4 Å². The van der Waals surface area contributed by atoms with Crippen molar-refractivity contribution < 1.29 is 19.1 Å². The number of carbonyl (C=O) groups excluding carboxylic acids is 3. The van der Waals surface area contributed by atoms with Crippen molar-refractivity contribution in [2.45, 2.75) is 65.3 Å². The van der Waals surface area contributed by atoms with Crippen LogP contribution in [0.3, 0.4) is 0 Å². The number of piperazine rings is 1. The van der Waals surface area contributed by atoms with Gasteiger partial charge in [0, 0.05) is 38.6 Å². The summed E-state index contributed by atoms with van der Waals surface area (Å²) in [5.74, 6) is -0.0589. The first-order valence-corrected chi connectivity index (χ1v) is 11.4. The number of amides is 3. The highest BCUT2D eigenvalue weighted by Gasteiger charge is 2.39. The molecule has 176 valence electrons. The van der Waals surface area contributed by atoms with Gasteiger partial charge in [-0.15, -0.1) is 0 Å². The van der Waals surface area contributed by atoms with Gasteiger partial charge in [0.05, 0.1) is 13.1 Å². The van der Waals surface area contributed by atoms with E-state index in [1.807, 2.05) is 63.8 Å². The fraction of sp³-hybridized carbons (Fsp3) is 0.625. The smallest absolute Gasteiger partial charge is 0.411 e. The number of nitrogens with zero attached hydrogens (tertiary/aromatic N) is 3. The molecule has 1 fully saturated rings. The standard InChI is InChI=1S/C24H36N4O4/c1-17(2)25-21(29)16-26-10-12-27(13-11-26)22(30)20-14-18-8-6-7-9-19(18)15-28(20)23(31)32-24(3,4)5/h6-9,17,20H,10-16H2,1-5H3,(H,25,29). The highest BCUT2D eigenvalue weighted by Crippen LogP contribution is 2.26. The van der Waals surface area contributed by atoms with Gasteiger partial charge in [0.15, 0.2) is 0 Å². The van der Waals surface area contributed by atoms with Crippen LogP contribution in [0.25, 0.3) is 0 Å². The molecule has 2 heterocycles. The van der Waals surface area contributed by atoms with Gasteiger partial charge < -0.3 is 15.0 Å². The number of ether oxygens (including phenoxy) is 1. The van der Waals surface area contributed by atoms with Crippen molar-refractivity contribution in [3.8, 4) is 0 Å². The molecule has 1 atom stereocenters. The Morgan fingerprint density at radius 3 is 2.28 bits per heavy atom. The van der Waals surface area contributed by atoms with Gasteiger partial charge in [-0.2, -0.15) is 0 Å². The summed E-state index contributed by atoms with van der Waals surface area (Å²) in [6, 6.07) is 7.45. The molecule has 3 amide bonds. The molecule has 8 nitrogen and oxygen atoms in total. The highest BCUT2D eigenvalue weighted by atomic mass is 16.6. The van der Waals surface area contributed by atoms with E-state index in [2.05, 4.69) is 10.2 Å². The fourth-order valence-corrected chi connectivity index (χ4v) is 4.16. The Kier molecular flexibility index (Phi) is 7.44. The number of hydrogen-bond acceptors (Lipinski definition) is 5. The number of nitrogens with one attached hydrogen (secondary N) is 1. The van der Waals surface area contributed by atoms with Gasteiger partial charge in [0.1, 0.15) is 11.6 Å². The lowest BCUT2D eigenvalue weighted by Crippen LogP contribution is -2.58. The van der Waals surface area contributed by atoms with Crippen LogP contribution in [-0.4, -0.2) is 83.0 Å². The fourth-order valence-electron chi connectivity index (χ4n) is 4.16. The monoisotopic (exact) mass is 444 g/mol. The van der Waals surface area contributed by atoms with Gasteiger partial charge in [-0.25, -0.2) is 4.79 Å². The van der Waals surface area contributed by atoms with Crippen LogP contribution in [0.1, 0.15) is 45.7 Å². The summed E-state index contributed by atoms with van der Waals surface area (Å²) in [5, 5.41) is 2.90. The van der Waals surface area contributed by atoms with Crippen molar-refractivity contribution in [3.63, 3.8) is 0 Å². The quantitative estimate of drug-likeness (QED) is 0.768. The molecular formula is C24H36N4O4. The zero-order valence-corrected chi connectivity index (χ0v) is 19.9. The van der Waals surface area contributed by atoms with E-state index < -0.39 is 17.7 Å². The lowest BCUT2D eigenvalue weighted by atomic mass is 9.93. The van der Waals surface area contributed by atoms with E-state index in [9.17, 15) is 14.4 Å². The normalized spacial score (nSPS) is 19.5. The van der Waals surface area contributed by atoms with Crippen LogP contribution < -0.4 is 5.32 Å². The minimum absolute atomic E-state index is 0.000218. The van der Waals surface area contributed by atoms with Crippen LogP contribution >= 0.6 is 0 Å². The zero-order valence-electron chi connectivity index (χ0n) is 19.9. The largest absolute Gasteiger partial charge is 0.444 e. The topological polar surface area (TPSA) is 82.2 Å². The Hall–Kier alpha value is -2.61. The number of hydrogen-bond donors (Lipinski definition) is 1. The Morgan fingerprint density at radius 2 is 1.69 bits per heavy atom. The summed E-state index contributed by atoms with van der Waals surface area (Å²) in [4.78, 5) is 43.9. The van der Waals surface area contributed by atoms with Gasteiger partial charge in [-0.05, 0) is 45.7 Å². The van der Waals surface area contributed by atoms with Crippen LogP contribution in [0.2, 0.25) is 0 Å². The minimum atomic E-state index is -0.635. The van der Waals surface area contributed by atoms with Crippen molar-refractivity contribution >= 4 is 17.9 Å². The molecule has 0 saturated carbocycles. The van der Waals surface area contributed by atoms with Gasteiger partial charge in [-0.1, -0.05) is 24.3 Å². The summed E-state index contributed by atoms with van der Waals surface area (Å²) in [5.41, 5.74) is 1.50. The summed E-state index contributed by atoms with van der Waals surface area (Å²) in [6.45, 7) is 12.4. The van der Waals surface area contributed by atoms with Crippen LogP contribution in [-0.2, 0) is 27.3 Å². The predicted molar refractivity (Wildman–Crippen MR) is 122 cm³/mol. The number of carbonyl (C=O) groups is 3. The third-order valence-electron chi connectivity index (χ3n) is 5.66. The molecule has 0 spiro atoms. The summed E-state index contributed by atoms with van der Waals surface area (Å²) in [7, 11) is 0. The summed E-state index contributed by atoms with van der Waals surface area (Å²) < 4.78 is 5.62. The lowest BCUT2D eigenvalue weighted by Gasteiger charge is -2.41. The van der Waals surface area contributed by atoms with Crippen LogP contribution in [0, 0.1) is 0 Å². The molecule has 2 aliphatic rings. The third kappa shape index (κ3) is 6.22. The summed E-state index contributed by atoms with van der Waals surface area (Å²) >= 11 is 0. The second-order valence-electron chi connectivity index (χ2n) is 9.92. The van der Waals surface area contributed by atoms with Crippen molar-refractivity contribution in [2.24, 2.45) is 0 Å². The maximum Gasteiger partial charge on any atom is 0.411 e. The highest BCUT2D eigenvalue weighted by molar-refractivity contribution is 5.87. The molecule has 8 heteroatoms. The third-order valence-corrected chi connectivity index (χ3v) is 5.66. The molecule has 0 radical (unpaired) electrons. The Morgan fingerprint density at radius 1 is 1.06 bits per heavy atom. The molecule has 0 bridgehead atoms. The molecule has 0 aliphatic carbocycles. The van der Waals surface area contributed by atoms with Crippen LogP contribution in [0.5, 0.6) is 0 Å². The molecule has 1 saturated heterocycles. The van der Waals surface area contributed by atoms with E-state index in [1.54, 1.807) is 4.90 Å². The molecule has 32 heavy (non-hydrogen) atoms. The average molecular weight is 445 g/mol. The molecule has 1 N–H and O–H groups in total. The van der Waals surface area contributed by atoms with E-state index in [0.29, 0.717) is 45.7 Å². The number of fused-ring (bicyclic) bond motifs is 1. The first kappa shape index (κ1) is 24.0. The predicted octanol–water partition coefficient (Wildman–Crippen LogP) is 2.02. The Balaban J connectivity index is 1.68. The van der Waals surface area contributed by atoms with E-state index >= 15 is 0 Å². The maximum atomic E-state index is 13.5. The molecule has 1 aromatic rings. The molecule has 2 aliphatic heterocycles. The van der Waals surface area contributed by atoms with Crippen LogP contribution in [0.4, 0.5) is 4.79 Å². The Labute approximate surface area is 190 Å². The minimum Gasteiger partial charge on any atom is -0.444 e. The molecule has 1 aromatic carbocycles. The lowest BCUT2D eigenvalue weighted by molar-refractivity contribution is -0.139. The van der Waals surface area contributed by atoms with E-state index in [-0.39, 0.29) is 17.9 Å². The van der Waals surface area contributed by atoms with Crippen molar-refractivity contribution in [1.29, 1.82) is 0 Å². The molecular weight excluding hydrogens is 408 g/mol. The zero-order chi connectivity index (χ0) is 23.5. The van der Waals surface area contributed by atoms with E-state index in [1.165, 1.54) is 0 Å². The number of benzene rings is 1. The molecule has 0 aromatic heterocycles. The molecule has 1 unspecified atom stereocenters. The first-order chi connectivity index (χ1) is 15.0. The van der Waals surface area contributed by atoms with Crippen LogP contribution in [0.15, 0.2) is 24.3 Å². The Bertz CT molecular complexity index is 841. The number of rotatable bonds is 4. The molecule has 3 rings (SSSR count). The maximum absolute atomic E-state index is 13.5. The average Bonchev–Trinajstić information content (AvgIpc) is 2.71. The summed E-state index contributed by atoms with van der Waals surface area (Å²) in [6.07, 6.45) is 0.0139. The second-order valence-corrected chi connectivity index (χ2v) is 9.92. The van der Waals surface area contributed by atoms with Gasteiger partial charge in [0.2, 0.25) is 11.8 Å². The van der Waals surface area contributed by atoms with E-state index in [4.69, 9.17) is 4.74 Å². The van der Waals surface area contributed by atoms with Crippen molar-refractivity contribution in [1.82, 2.24) is 20.0 Å². The van der Waals surface area contributed by atoms with Gasteiger partial charge >= 0.3 is 6.09 Å². The van der Waals surface area contributed by atoms with Gasteiger partial charge in [-0.3, -0.25) is 19.4 Å². The second kappa shape index (κ2) is 9.90. The SMILES string of the molecule is CC(C)NC(=O)CN1CCN(C(=O)C2Cc3ccccc3CN2C(=O)OC(C)(C)C)CC1. The van der Waals surface area contributed by atoms with E-state index in [0.717, 1.165) is 11.1 Å². The van der Waals surface area contributed by atoms with Gasteiger partial charge in [0.25, 0.3) is 0 Å². The first-order valence-electron chi connectivity index (χ1n) is 11.4.